The van der Waals surface area contributed by atoms with Gasteiger partial charge in [-0.25, -0.2) is 9.78 Å². The Kier molecular flexibility index (Phi) is 4.69. The maximum Gasteiger partial charge on any atom is 0.320 e. The van der Waals surface area contributed by atoms with Crippen LogP contribution in [0, 0.1) is 0 Å². The predicted molar refractivity (Wildman–Crippen MR) is 120 cm³/mol. The lowest BCUT2D eigenvalue weighted by atomic mass is 9.92. The summed E-state index contributed by atoms with van der Waals surface area (Å²) in [6.07, 6.45) is 0. The van der Waals surface area contributed by atoms with Crippen LogP contribution in [-0.2, 0) is 0 Å². The van der Waals surface area contributed by atoms with Crippen molar-refractivity contribution in [1.29, 1.82) is 0 Å². The summed E-state index contributed by atoms with van der Waals surface area (Å²) in [4.78, 5) is 20.8. The Morgan fingerprint density at radius 3 is 2.43 bits per heavy atom. The van der Waals surface area contributed by atoms with E-state index < -0.39 is 6.04 Å². The van der Waals surface area contributed by atoms with Gasteiger partial charge in [0.1, 0.15) is 5.82 Å². The Hall–Kier alpha value is -3.28. The van der Waals surface area contributed by atoms with Gasteiger partial charge in [0.05, 0.1) is 32.8 Å². The van der Waals surface area contributed by atoms with Crippen molar-refractivity contribution in [2.45, 2.75) is 6.04 Å². The molecule has 0 spiro atoms. The number of fused-ring (bicyclic) bond motifs is 1. The van der Waals surface area contributed by atoms with E-state index in [4.69, 9.17) is 28.2 Å². The third-order valence-corrected chi connectivity index (χ3v) is 5.90. The van der Waals surface area contributed by atoms with E-state index in [2.05, 4.69) is 15.6 Å². The minimum atomic E-state index is -0.541. The highest BCUT2D eigenvalue weighted by Gasteiger charge is 2.33. The molecule has 2 amide bonds. The van der Waals surface area contributed by atoms with Gasteiger partial charge in [-0.3, -0.25) is 0 Å². The molecule has 0 fully saturated rings. The van der Waals surface area contributed by atoms with Crippen LogP contribution in [0.2, 0.25) is 10.0 Å². The van der Waals surface area contributed by atoms with Crippen LogP contribution in [0.15, 0.2) is 72.8 Å². The standard InChI is InChI=1S/C23H16Cl2N4O/c24-15-10-6-9-14(19(15)25)21-18(22-26-16-11-4-5-12-17(16)27-22)20(28-23(30)29-21)13-7-2-1-3-8-13/h1-12,21H,(H,26,27)(H2,28,29,30)/t21-/m0/s1. The van der Waals surface area contributed by atoms with Crippen LogP contribution >= 0.6 is 23.2 Å². The first-order valence-electron chi connectivity index (χ1n) is 9.38. The van der Waals surface area contributed by atoms with Gasteiger partial charge in [0.25, 0.3) is 0 Å². The molecule has 7 heteroatoms. The van der Waals surface area contributed by atoms with Crippen LogP contribution in [0.1, 0.15) is 23.0 Å². The van der Waals surface area contributed by atoms with Gasteiger partial charge < -0.3 is 15.6 Å². The van der Waals surface area contributed by atoms with Gasteiger partial charge in [0, 0.05) is 5.57 Å². The number of rotatable bonds is 3. The molecule has 1 atom stereocenters. The minimum Gasteiger partial charge on any atom is -0.338 e. The average Bonchev–Trinajstić information content (AvgIpc) is 3.19. The molecule has 3 aromatic carbocycles. The number of benzene rings is 3. The molecule has 148 valence electrons. The molecule has 0 radical (unpaired) electrons. The molecule has 4 aromatic rings. The SMILES string of the molecule is O=C1NC(c2ccccc2)=C(c2nc3ccccc3[nH]2)[C@H](c2cccc(Cl)c2Cl)N1. The first-order chi connectivity index (χ1) is 14.6. The number of carbonyl (C=O) groups is 1. The number of nitrogens with one attached hydrogen (secondary N) is 3. The van der Waals surface area contributed by atoms with E-state index >= 15 is 0 Å². The van der Waals surface area contributed by atoms with Gasteiger partial charge >= 0.3 is 6.03 Å². The van der Waals surface area contributed by atoms with Crippen LogP contribution in [0.4, 0.5) is 4.79 Å². The molecule has 1 aliphatic heterocycles. The first kappa shape index (κ1) is 18.7. The van der Waals surface area contributed by atoms with Gasteiger partial charge in [-0.1, -0.05) is 77.8 Å². The number of H-pyrrole nitrogens is 1. The smallest absolute Gasteiger partial charge is 0.320 e. The van der Waals surface area contributed by atoms with Crippen molar-refractivity contribution < 1.29 is 4.79 Å². The topological polar surface area (TPSA) is 69.8 Å². The number of aromatic nitrogens is 2. The highest BCUT2D eigenvalue weighted by atomic mass is 35.5. The van der Waals surface area contributed by atoms with E-state index in [1.165, 1.54) is 0 Å². The molecule has 1 aliphatic rings. The molecule has 0 aliphatic carbocycles. The summed E-state index contributed by atoms with van der Waals surface area (Å²) in [6.45, 7) is 0. The van der Waals surface area contributed by atoms with Gasteiger partial charge in [-0.2, -0.15) is 0 Å². The minimum absolute atomic E-state index is 0.324. The Labute approximate surface area is 182 Å². The van der Waals surface area contributed by atoms with Crippen molar-refractivity contribution in [1.82, 2.24) is 20.6 Å². The maximum absolute atomic E-state index is 12.6. The third kappa shape index (κ3) is 3.22. The zero-order valence-electron chi connectivity index (χ0n) is 15.6. The Morgan fingerprint density at radius 2 is 1.63 bits per heavy atom. The van der Waals surface area contributed by atoms with Crippen LogP contribution < -0.4 is 10.6 Å². The summed E-state index contributed by atoms with van der Waals surface area (Å²) < 4.78 is 0. The monoisotopic (exact) mass is 434 g/mol. The molecule has 0 unspecified atom stereocenters. The number of aromatic amines is 1. The number of amides is 2. The second-order valence-electron chi connectivity index (χ2n) is 6.93. The van der Waals surface area contributed by atoms with Crippen molar-refractivity contribution in [3.63, 3.8) is 0 Å². The highest BCUT2D eigenvalue weighted by Crippen LogP contribution is 2.41. The number of nitrogens with zero attached hydrogens (tertiary/aromatic N) is 1. The van der Waals surface area contributed by atoms with E-state index in [0.29, 0.717) is 27.1 Å². The molecule has 3 N–H and O–H groups in total. The van der Waals surface area contributed by atoms with Gasteiger partial charge in [-0.05, 0) is 29.3 Å². The fourth-order valence-corrected chi connectivity index (χ4v) is 4.13. The zero-order chi connectivity index (χ0) is 20.7. The van der Waals surface area contributed by atoms with E-state index in [0.717, 1.165) is 22.2 Å². The van der Waals surface area contributed by atoms with Gasteiger partial charge in [0.15, 0.2) is 0 Å². The molecule has 0 saturated carbocycles. The maximum atomic E-state index is 12.6. The number of imidazole rings is 1. The van der Waals surface area contributed by atoms with Crippen molar-refractivity contribution >= 4 is 51.5 Å². The lowest BCUT2D eigenvalue weighted by Gasteiger charge is -2.30. The fraction of sp³-hybridized carbons (Fsp3) is 0.0435. The summed E-state index contributed by atoms with van der Waals surface area (Å²) in [5.41, 5.74) is 4.75. The number of para-hydroxylation sites is 2. The molecule has 5 nitrogen and oxygen atoms in total. The Bertz CT molecular complexity index is 1260. The Morgan fingerprint density at radius 1 is 0.867 bits per heavy atom. The van der Waals surface area contributed by atoms with E-state index in [9.17, 15) is 4.79 Å². The number of halogens is 2. The largest absolute Gasteiger partial charge is 0.338 e. The summed E-state index contributed by atoms with van der Waals surface area (Å²) >= 11 is 12.8. The van der Waals surface area contributed by atoms with Crippen molar-refractivity contribution in [3.8, 4) is 0 Å². The first-order valence-corrected chi connectivity index (χ1v) is 10.1. The van der Waals surface area contributed by atoms with Crippen LogP contribution in [0.3, 0.4) is 0 Å². The van der Waals surface area contributed by atoms with Crippen molar-refractivity contribution in [3.05, 3.63) is 99.8 Å². The summed E-state index contributed by atoms with van der Waals surface area (Å²) in [6, 6.07) is 22.0. The molecule has 0 bridgehead atoms. The molecule has 0 saturated heterocycles. The molecular formula is C23H16Cl2N4O. The second-order valence-corrected chi connectivity index (χ2v) is 7.72. The predicted octanol–water partition coefficient (Wildman–Crippen LogP) is 5.79. The van der Waals surface area contributed by atoms with Crippen LogP contribution in [-0.4, -0.2) is 16.0 Å². The van der Waals surface area contributed by atoms with Gasteiger partial charge in [0.2, 0.25) is 0 Å². The van der Waals surface area contributed by atoms with E-state index in [-0.39, 0.29) is 6.03 Å². The molecule has 30 heavy (non-hydrogen) atoms. The van der Waals surface area contributed by atoms with E-state index in [1.54, 1.807) is 6.07 Å². The summed E-state index contributed by atoms with van der Waals surface area (Å²) in [5.74, 6) is 0.642. The lowest BCUT2D eigenvalue weighted by Crippen LogP contribution is -2.43. The highest BCUT2D eigenvalue weighted by molar-refractivity contribution is 6.42. The number of hydrogen-bond acceptors (Lipinski definition) is 2. The normalized spacial score (nSPS) is 16.5. The number of hydrogen-bond donors (Lipinski definition) is 3. The average molecular weight is 435 g/mol. The summed E-state index contributed by atoms with van der Waals surface area (Å²) in [5, 5.41) is 6.75. The van der Waals surface area contributed by atoms with Crippen molar-refractivity contribution in [2.75, 3.05) is 0 Å². The zero-order valence-corrected chi connectivity index (χ0v) is 17.1. The lowest BCUT2D eigenvalue weighted by molar-refractivity contribution is 0.242. The summed E-state index contributed by atoms with van der Waals surface area (Å²) in [7, 11) is 0. The van der Waals surface area contributed by atoms with Crippen LogP contribution in [0.25, 0.3) is 22.3 Å². The molecular weight excluding hydrogens is 419 g/mol. The molecule has 2 heterocycles. The van der Waals surface area contributed by atoms with Gasteiger partial charge in [-0.15, -0.1) is 0 Å². The Balaban J connectivity index is 1.80. The van der Waals surface area contributed by atoms with Crippen molar-refractivity contribution in [2.24, 2.45) is 0 Å². The number of carbonyl (C=O) groups excluding carboxylic acids is 1. The molecule has 1 aromatic heterocycles. The third-order valence-electron chi connectivity index (χ3n) is 5.07. The van der Waals surface area contributed by atoms with Crippen LogP contribution in [0.5, 0.6) is 0 Å². The number of urea groups is 1. The fourth-order valence-electron chi connectivity index (χ4n) is 3.71. The molecule has 5 rings (SSSR count). The second kappa shape index (κ2) is 7.52. The quantitative estimate of drug-likeness (QED) is 0.381. The van der Waals surface area contributed by atoms with E-state index in [1.807, 2.05) is 66.7 Å².